The van der Waals surface area contributed by atoms with Crippen molar-refractivity contribution in [2.45, 2.75) is 6.92 Å². The maximum Gasteiger partial charge on any atom is 0.353 e. The summed E-state index contributed by atoms with van der Waals surface area (Å²) in [5.74, 6) is -1.16. The molecule has 0 saturated heterocycles. The highest BCUT2D eigenvalue weighted by atomic mass is 79.9. The van der Waals surface area contributed by atoms with Crippen LogP contribution in [0.5, 0.6) is 0 Å². The van der Waals surface area contributed by atoms with Crippen LogP contribution in [-0.2, 0) is 0 Å². The van der Waals surface area contributed by atoms with Crippen molar-refractivity contribution in [3.05, 3.63) is 50.3 Å². The van der Waals surface area contributed by atoms with Gasteiger partial charge in [-0.05, 0) is 30.7 Å². The van der Waals surface area contributed by atoms with Crippen molar-refractivity contribution >= 4 is 21.9 Å². The summed E-state index contributed by atoms with van der Waals surface area (Å²) >= 11 is 3.36. The monoisotopic (exact) mass is 296 g/mol. The molecule has 17 heavy (non-hydrogen) atoms. The van der Waals surface area contributed by atoms with Gasteiger partial charge in [-0.3, -0.25) is 9.89 Å². The zero-order valence-corrected chi connectivity index (χ0v) is 10.5. The van der Waals surface area contributed by atoms with Crippen LogP contribution in [0.4, 0.5) is 0 Å². The molecular formula is C11H9BrN2O3. The number of halogens is 1. The Morgan fingerprint density at radius 1 is 1.41 bits per heavy atom. The maximum absolute atomic E-state index is 11.6. The van der Waals surface area contributed by atoms with Crippen LogP contribution in [0.2, 0.25) is 0 Å². The number of carboxylic acid groups (broad SMARTS) is 1. The van der Waals surface area contributed by atoms with Crippen molar-refractivity contribution in [1.82, 2.24) is 9.78 Å². The molecule has 88 valence electrons. The van der Waals surface area contributed by atoms with E-state index in [1.165, 1.54) is 4.68 Å². The summed E-state index contributed by atoms with van der Waals surface area (Å²) in [7, 11) is 0. The highest BCUT2D eigenvalue weighted by molar-refractivity contribution is 9.10. The Bertz CT molecular complexity index is 642. The first-order valence-electron chi connectivity index (χ1n) is 4.81. The van der Waals surface area contributed by atoms with Gasteiger partial charge in [-0.1, -0.05) is 15.9 Å². The first-order chi connectivity index (χ1) is 7.99. The molecule has 6 heteroatoms. The summed E-state index contributed by atoms with van der Waals surface area (Å²) in [5.41, 5.74) is 1.03. The van der Waals surface area contributed by atoms with E-state index < -0.39 is 11.5 Å². The number of nitrogens with zero attached hydrogens (tertiary/aromatic N) is 1. The van der Waals surface area contributed by atoms with Gasteiger partial charge in [0.25, 0.3) is 5.56 Å². The van der Waals surface area contributed by atoms with Crippen molar-refractivity contribution in [2.75, 3.05) is 0 Å². The fourth-order valence-corrected chi connectivity index (χ4v) is 1.71. The molecule has 0 aliphatic rings. The summed E-state index contributed by atoms with van der Waals surface area (Å²) in [6, 6.07) is 6.37. The van der Waals surface area contributed by atoms with Crippen LogP contribution in [0.1, 0.15) is 16.1 Å². The number of hydrogen-bond acceptors (Lipinski definition) is 2. The molecule has 2 N–H and O–H groups in total. The Balaban J connectivity index is 2.56. The molecule has 5 nitrogen and oxygen atoms in total. The Morgan fingerprint density at radius 3 is 2.65 bits per heavy atom. The average Bonchev–Trinajstić information content (AvgIpc) is 2.65. The minimum atomic E-state index is -1.16. The SMILES string of the molecule is Cc1cc(-n2[nH]c(C(=O)O)cc2=O)ccc1Br. The third kappa shape index (κ3) is 2.16. The summed E-state index contributed by atoms with van der Waals surface area (Å²) in [4.78, 5) is 22.3. The average molecular weight is 297 g/mol. The number of aromatic amines is 1. The predicted molar refractivity (Wildman–Crippen MR) is 65.8 cm³/mol. The van der Waals surface area contributed by atoms with E-state index >= 15 is 0 Å². The molecule has 0 atom stereocenters. The van der Waals surface area contributed by atoms with Gasteiger partial charge < -0.3 is 5.11 Å². The minimum absolute atomic E-state index is 0.129. The van der Waals surface area contributed by atoms with E-state index in [9.17, 15) is 9.59 Å². The molecule has 0 bridgehead atoms. The molecular weight excluding hydrogens is 288 g/mol. The van der Waals surface area contributed by atoms with Crippen molar-refractivity contribution in [3.8, 4) is 5.69 Å². The summed E-state index contributed by atoms with van der Waals surface area (Å²) in [5, 5.41) is 11.3. The molecule has 1 aromatic carbocycles. The highest BCUT2D eigenvalue weighted by Crippen LogP contribution is 2.18. The summed E-state index contributed by atoms with van der Waals surface area (Å²) in [6.45, 7) is 1.89. The molecule has 0 saturated carbocycles. The Morgan fingerprint density at radius 2 is 2.12 bits per heavy atom. The Hall–Kier alpha value is -1.82. The zero-order valence-electron chi connectivity index (χ0n) is 8.90. The van der Waals surface area contributed by atoms with Crippen LogP contribution < -0.4 is 5.56 Å². The fourth-order valence-electron chi connectivity index (χ4n) is 1.47. The number of H-pyrrole nitrogens is 1. The first-order valence-corrected chi connectivity index (χ1v) is 5.60. The van der Waals surface area contributed by atoms with Gasteiger partial charge in [0.15, 0.2) is 0 Å². The summed E-state index contributed by atoms with van der Waals surface area (Å²) < 4.78 is 2.13. The number of aromatic carboxylic acids is 1. The Labute approximate surface area is 105 Å². The number of benzene rings is 1. The second-order valence-corrected chi connectivity index (χ2v) is 4.44. The van der Waals surface area contributed by atoms with Crippen LogP contribution in [0.3, 0.4) is 0 Å². The van der Waals surface area contributed by atoms with E-state index in [1.807, 2.05) is 6.92 Å². The second-order valence-electron chi connectivity index (χ2n) is 3.58. The highest BCUT2D eigenvalue weighted by Gasteiger charge is 2.10. The maximum atomic E-state index is 11.6. The Kier molecular flexibility index (Phi) is 2.89. The second kappa shape index (κ2) is 4.21. The van der Waals surface area contributed by atoms with Gasteiger partial charge in [-0.15, -0.1) is 0 Å². The van der Waals surface area contributed by atoms with E-state index in [2.05, 4.69) is 21.0 Å². The van der Waals surface area contributed by atoms with Crippen molar-refractivity contribution in [3.63, 3.8) is 0 Å². The van der Waals surface area contributed by atoms with Gasteiger partial charge in [0.2, 0.25) is 0 Å². The molecule has 0 aliphatic heterocycles. The van der Waals surface area contributed by atoms with E-state index in [4.69, 9.17) is 5.11 Å². The van der Waals surface area contributed by atoms with Crippen LogP contribution in [0.25, 0.3) is 5.69 Å². The molecule has 1 aromatic heterocycles. The molecule has 2 rings (SSSR count). The number of aromatic nitrogens is 2. The van der Waals surface area contributed by atoms with Crippen LogP contribution in [-0.4, -0.2) is 20.9 Å². The molecule has 0 amide bonds. The number of hydrogen-bond donors (Lipinski definition) is 2. The molecule has 0 unspecified atom stereocenters. The van der Waals surface area contributed by atoms with Crippen LogP contribution in [0.15, 0.2) is 33.5 Å². The fraction of sp³-hybridized carbons (Fsp3) is 0.0909. The van der Waals surface area contributed by atoms with E-state index in [0.29, 0.717) is 5.69 Å². The van der Waals surface area contributed by atoms with Crippen molar-refractivity contribution in [2.24, 2.45) is 0 Å². The number of carboxylic acids is 1. The molecule has 0 spiro atoms. The van der Waals surface area contributed by atoms with Crippen molar-refractivity contribution in [1.29, 1.82) is 0 Å². The lowest BCUT2D eigenvalue weighted by Crippen LogP contribution is -2.13. The normalized spacial score (nSPS) is 10.5. The number of carbonyl (C=O) groups is 1. The predicted octanol–water partition coefficient (Wildman–Crippen LogP) is 1.93. The lowest BCUT2D eigenvalue weighted by Gasteiger charge is -2.04. The molecule has 0 aliphatic carbocycles. The van der Waals surface area contributed by atoms with Gasteiger partial charge in [-0.2, -0.15) is 0 Å². The van der Waals surface area contributed by atoms with E-state index in [-0.39, 0.29) is 5.69 Å². The quantitative estimate of drug-likeness (QED) is 0.889. The molecule has 2 aromatic rings. The minimum Gasteiger partial charge on any atom is -0.477 e. The smallest absolute Gasteiger partial charge is 0.353 e. The molecule has 0 radical (unpaired) electrons. The third-order valence-corrected chi connectivity index (χ3v) is 3.24. The molecule has 0 fully saturated rings. The van der Waals surface area contributed by atoms with Gasteiger partial charge in [0.05, 0.1) is 5.69 Å². The van der Waals surface area contributed by atoms with E-state index in [0.717, 1.165) is 16.1 Å². The third-order valence-electron chi connectivity index (χ3n) is 2.35. The lowest BCUT2D eigenvalue weighted by atomic mass is 10.2. The number of aryl methyl sites for hydroxylation is 1. The summed E-state index contributed by atoms with van der Waals surface area (Å²) in [6.07, 6.45) is 0. The zero-order chi connectivity index (χ0) is 12.6. The number of rotatable bonds is 2. The van der Waals surface area contributed by atoms with Gasteiger partial charge in [-0.25, -0.2) is 9.48 Å². The van der Waals surface area contributed by atoms with Crippen molar-refractivity contribution < 1.29 is 9.90 Å². The van der Waals surface area contributed by atoms with Gasteiger partial charge >= 0.3 is 5.97 Å². The van der Waals surface area contributed by atoms with Crippen LogP contribution in [0, 0.1) is 6.92 Å². The molecule has 1 heterocycles. The standard InChI is InChI=1S/C11H9BrN2O3/c1-6-4-7(2-3-8(6)12)14-10(15)5-9(13-14)11(16)17/h2-5,13H,1H3,(H,16,17). The first kappa shape index (κ1) is 11.7. The largest absolute Gasteiger partial charge is 0.477 e. The van der Waals surface area contributed by atoms with Crippen LogP contribution >= 0.6 is 15.9 Å². The number of nitrogens with one attached hydrogen (secondary N) is 1. The van der Waals surface area contributed by atoms with Gasteiger partial charge in [0.1, 0.15) is 5.69 Å². The van der Waals surface area contributed by atoms with Gasteiger partial charge in [0, 0.05) is 10.5 Å². The van der Waals surface area contributed by atoms with E-state index in [1.54, 1.807) is 18.2 Å². The lowest BCUT2D eigenvalue weighted by molar-refractivity contribution is 0.0690. The topological polar surface area (TPSA) is 75.1 Å².